The van der Waals surface area contributed by atoms with Gasteiger partial charge in [-0.2, -0.15) is 0 Å². The van der Waals surface area contributed by atoms with E-state index in [1.807, 2.05) is 0 Å². The van der Waals surface area contributed by atoms with Crippen molar-refractivity contribution in [3.8, 4) is 0 Å². The predicted octanol–water partition coefficient (Wildman–Crippen LogP) is 0.773. The van der Waals surface area contributed by atoms with Gasteiger partial charge in [0, 0.05) is 19.8 Å². The molecular weight excluding hydrogens is 154 g/mol. The Labute approximate surface area is 75.1 Å². The van der Waals surface area contributed by atoms with Gasteiger partial charge in [0.15, 0.2) is 0 Å². The highest BCUT2D eigenvalue weighted by Crippen LogP contribution is 1.92. The van der Waals surface area contributed by atoms with Crippen molar-refractivity contribution < 1.29 is 9.84 Å². The molecule has 0 fully saturated rings. The molecule has 0 spiro atoms. The summed E-state index contributed by atoms with van der Waals surface area (Å²) in [6, 6.07) is 0.466. The van der Waals surface area contributed by atoms with E-state index in [1.54, 1.807) is 7.11 Å². The maximum Gasteiger partial charge on any atom is 0.0615 e. The molecule has 0 aromatic carbocycles. The fraction of sp³-hybridized carbons (Fsp3) is 1.00. The molecule has 0 aliphatic rings. The topological polar surface area (TPSA) is 41.5 Å². The first kappa shape index (κ1) is 11.9. The highest BCUT2D eigenvalue weighted by molar-refractivity contribution is 4.62. The van der Waals surface area contributed by atoms with Crippen LogP contribution in [-0.4, -0.2) is 38.0 Å². The molecule has 2 N–H and O–H groups in total. The van der Waals surface area contributed by atoms with Gasteiger partial charge in [-0.3, -0.25) is 0 Å². The summed E-state index contributed by atoms with van der Waals surface area (Å²) in [6.45, 7) is 4.18. The van der Waals surface area contributed by atoms with Crippen molar-refractivity contribution in [2.24, 2.45) is 0 Å². The summed E-state index contributed by atoms with van der Waals surface area (Å²) in [5.41, 5.74) is 0. The Morgan fingerprint density at radius 3 is 2.67 bits per heavy atom. The summed E-state index contributed by atoms with van der Waals surface area (Å²) in [5, 5.41) is 11.9. The zero-order valence-electron chi connectivity index (χ0n) is 8.18. The van der Waals surface area contributed by atoms with E-state index < -0.39 is 0 Å². The summed E-state index contributed by atoms with van der Waals surface area (Å²) in [6.07, 6.45) is 3.01. The fourth-order valence-electron chi connectivity index (χ4n) is 1.07. The molecule has 0 heterocycles. The molecule has 0 rings (SSSR count). The summed E-state index contributed by atoms with van der Waals surface area (Å²) in [7, 11) is 1.72. The minimum Gasteiger partial charge on any atom is -0.396 e. The van der Waals surface area contributed by atoms with Gasteiger partial charge in [0.25, 0.3) is 0 Å². The van der Waals surface area contributed by atoms with Crippen molar-refractivity contribution in [1.82, 2.24) is 5.32 Å². The third kappa shape index (κ3) is 6.58. The van der Waals surface area contributed by atoms with Crippen LogP contribution in [-0.2, 0) is 4.74 Å². The number of ether oxygens (including phenoxy) is 1. The van der Waals surface area contributed by atoms with Crippen molar-refractivity contribution in [3.63, 3.8) is 0 Å². The number of nitrogens with one attached hydrogen (secondary N) is 1. The number of unbranched alkanes of at least 4 members (excludes halogenated alkanes) is 1. The van der Waals surface area contributed by atoms with E-state index in [2.05, 4.69) is 12.2 Å². The Balaban J connectivity index is 3.19. The summed E-state index contributed by atoms with van der Waals surface area (Å²) in [5.74, 6) is 0. The Bertz CT molecular complexity index is 88.6. The number of methoxy groups -OCH3 is 1. The lowest BCUT2D eigenvalue weighted by Gasteiger charge is -2.15. The van der Waals surface area contributed by atoms with Gasteiger partial charge in [0.2, 0.25) is 0 Å². The van der Waals surface area contributed by atoms with E-state index >= 15 is 0 Å². The number of aliphatic hydroxyl groups is 1. The lowest BCUT2D eigenvalue weighted by Crippen LogP contribution is -2.33. The van der Waals surface area contributed by atoms with Gasteiger partial charge in [-0.1, -0.05) is 6.92 Å². The molecule has 0 aromatic heterocycles. The van der Waals surface area contributed by atoms with Crippen LogP contribution in [0.3, 0.4) is 0 Å². The molecule has 0 saturated heterocycles. The van der Waals surface area contributed by atoms with Crippen LogP contribution in [0.2, 0.25) is 0 Å². The number of aliphatic hydroxyl groups excluding tert-OH is 1. The molecule has 0 bridgehead atoms. The molecule has 3 nitrogen and oxygen atoms in total. The second-order valence-corrected chi connectivity index (χ2v) is 2.95. The molecule has 1 unspecified atom stereocenters. The normalized spacial score (nSPS) is 13.2. The summed E-state index contributed by atoms with van der Waals surface area (Å²) >= 11 is 0. The van der Waals surface area contributed by atoms with Gasteiger partial charge in [0.1, 0.15) is 0 Å². The highest BCUT2D eigenvalue weighted by Gasteiger charge is 2.02. The van der Waals surface area contributed by atoms with Crippen LogP contribution >= 0.6 is 0 Å². The van der Waals surface area contributed by atoms with E-state index in [1.165, 1.54) is 0 Å². The van der Waals surface area contributed by atoms with Crippen LogP contribution in [0, 0.1) is 0 Å². The molecule has 0 aromatic rings. The fourth-order valence-corrected chi connectivity index (χ4v) is 1.07. The molecule has 0 aliphatic carbocycles. The average molecular weight is 175 g/mol. The third-order valence-corrected chi connectivity index (χ3v) is 1.88. The first-order chi connectivity index (χ1) is 5.85. The van der Waals surface area contributed by atoms with Gasteiger partial charge >= 0.3 is 0 Å². The minimum absolute atomic E-state index is 0.294. The van der Waals surface area contributed by atoms with Crippen LogP contribution < -0.4 is 5.32 Å². The van der Waals surface area contributed by atoms with Crippen LogP contribution in [0.1, 0.15) is 26.2 Å². The van der Waals surface area contributed by atoms with Gasteiger partial charge in [-0.25, -0.2) is 0 Å². The van der Waals surface area contributed by atoms with Gasteiger partial charge in [-0.15, -0.1) is 0 Å². The molecule has 1 atom stereocenters. The van der Waals surface area contributed by atoms with Crippen LogP contribution in [0.25, 0.3) is 0 Å². The van der Waals surface area contributed by atoms with Crippen molar-refractivity contribution in [1.29, 1.82) is 0 Å². The maximum absolute atomic E-state index is 8.54. The average Bonchev–Trinajstić information content (AvgIpc) is 2.10. The Morgan fingerprint density at radius 2 is 2.17 bits per heavy atom. The molecule has 74 valence electrons. The zero-order chi connectivity index (χ0) is 9.23. The molecular formula is C9H21NO2. The van der Waals surface area contributed by atoms with E-state index in [0.717, 1.165) is 32.4 Å². The molecule has 0 amide bonds. The second-order valence-electron chi connectivity index (χ2n) is 2.95. The predicted molar refractivity (Wildman–Crippen MR) is 50.3 cm³/mol. The molecule has 0 radical (unpaired) electrons. The number of rotatable bonds is 8. The van der Waals surface area contributed by atoms with Crippen molar-refractivity contribution >= 4 is 0 Å². The molecule has 12 heavy (non-hydrogen) atoms. The standard InChI is InChI=1S/C9H21NO2/c1-3-9(8-12-2)10-6-4-5-7-11/h9-11H,3-8H2,1-2H3. The van der Waals surface area contributed by atoms with Crippen molar-refractivity contribution in [2.45, 2.75) is 32.2 Å². The van der Waals surface area contributed by atoms with Gasteiger partial charge in [-0.05, 0) is 25.8 Å². The highest BCUT2D eigenvalue weighted by atomic mass is 16.5. The van der Waals surface area contributed by atoms with Gasteiger partial charge < -0.3 is 15.2 Å². The summed E-state index contributed by atoms with van der Waals surface area (Å²) in [4.78, 5) is 0. The van der Waals surface area contributed by atoms with Crippen LogP contribution in [0.5, 0.6) is 0 Å². The maximum atomic E-state index is 8.54. The number of hydrogen-bond acceptors (Lipinski definition) is 3. The molecule has 0 aliphatic heterocycles. The van der Waals surface area contributed by atoms with Gasteiger partial charge in [0.05, 0.1) is 6.61 Å². The number of hydrogen-bond donors (Lipinski definition) is 2. The SMILES string of the molecule is CCC(COC)NCCCCO. The molecule has 3 heteroatoms. The Hall–Kier alpha value is -0.120. The van der Waals surface area contributed by atoms with E-state index in [0.29, 0.717) is 12.6 Å². The van der Waals surface area contributed by atoms with Crippen LogP contribution in [0.4, 0.5) is 0 Å². The Kier molecular flexibility index (Phi) is 8.88. The van der Waals surface area contributed by atoms with Crippen molar-refractivity contribution in [2.75, 3.05) is 26.9 Å². The first-order valence-corrected chi connectivity index (χ1v) is 4.68. The molecule has 0 saturated carbocycles. The lowest BCUT2D eigenvalue weighted by atomic mass is 10.2. The first-order valence-electron chi connectivity index (χ1n) is 4.68. The van der Waals surface area contributed by atoms with Crippen molar-refractivity contribution in [3.05, 3.63) is 0 Å². The zero-order valence-corrected chi connectivity index (χ0v) is 8.18. The minimum atomic E-state index is 0.294. The lowest BCUT2D eigenvalue weighted by molar-refractivity contribution is 0.164. The van der Waals surface area contributed by atoms with E-state index in [-0.39, 0.29) is 0 Å². The monoisotopic (exact) mass is 175 g/mol. The summed E-state index contributed by atoms with van der Waals surface area (Å²) < 4.78 is 5.04. The second kappa shape index (κ2) is 8.97. The Morgan fingerprint density at radius 1 is 1.42 bits per heavy atom. The van der Waals surface area contributed by atoms with Crippen LogP contribution in [0.15, 0.2) is 0 Å². The van der Waals surface area contributed by atoms with E-state index in [9.17, 15) is 0 Å². The van der Waals surface area contributed by atoms with E-state index in [4.69, 9.17) is 9.84 Å². The largest absolute Gasteiger partial charge is 0.396 e. The third-order valence-electron chi connectivity index (χ3n) is 1.88. The smallest absolute Gasteiger partial charge is 0.0615 e. The quantitative estimate of drug-likeness (QED) is 0.535.